The molecule has 2 saturated carbocycles. The van der Waals surface area contributed by atoms with Crippen molar-refractivity contribution in [1.29, 1.82) is 0 Å². The van der Waals surface area contributed by atoms with E-state index in [1.165, 1.54) is 0 Å². The number of esters is 1. The molecule has 0 aromatic heterocycles. The summed E-state index contributed by atoms with van der Waals surface area (Å²) in [5, 5.41) is 21.5. The van der Waals surface area contributed by atoms with E-state index in [-0.39, 0.29) is 34.4 Å². The molecule has 4 aliphatic rings. The van der Waals surface area contributed by atoms with Crippen LogP contribution in [0.2, 0.25) is 0 Å². The highest BCUT2D eigenvalue weighted by molar-refractivity contribution is 5.85. The van der Waals surface area contributed by atoms with Crippen molar-refractivity contribution < 1.29 is 24.5 Å². The summed E-state index contributed by atoms with van der Waals surface area (Å²) in [6, 6.07) is 0. The van der Waals surface area contributed by atoms with Gasteiger partial charge in [-0.1, -0.05) is 20.8 Å². The van der Waals surface area contributed by atoms with Gasteiger partial charge in [0.1, 0.15) is 12.2 Å². The van der Waals surface area contributed by atoms with Gasteiger partial charge >= 0.3 is 5.97 Å². The fourth-order valence-corrected chi connectivity index (χ4v) is 6.13. The van der Waals surface area contributed by atoms with Gasteiger partial charge in [0.15, 0.2) is 0 Å². The first-order valence-corrected chi connectivity index (χ1v) is 9.57. The zero-order valence-electron chi connectivity index (χ0n) is 15.5. The van der Waals surface area contributed by atoms with E-state index in [0.29, 0.717) is 32.0 Å². The predicted molar refractivity (Wildman–Crippen MR) is 91.7 cm³/mol. The number of fused-ring (bicyclic) bond motifs is 2. The second-order valence-corrected chi connectivity index (χ2v) is 9.28. The van der Waals surface area contributed by atoms with Gasteiger partial charge in [-0.25, -0.2) is 4.79 Å². The molecule has 3 fully saturated rings. The van der Waals surface area contributed by atoms with Crippen LogP contribution in [0.3, 0.4) is 0 Å². The Morgan fingerprint density at radius 1 is 1.28 bits per heavy atom. The topological polar surface area (TPSA) is 79.3 Å². The number of hydrogen-bond acceptors (Lipinski definition) is 5. The summed E-state index contributed by atoms with van der Waals surface area (Å²) in [5.41, 5.74) is 0.368. The van der Waals surface area contributed by atoms with Crippen LogP contribution >= 0.6 is 0 Å². The number of cyclic esters (lactones) is 1. The second-order valence-electron chi connectivity index (χ2n) is 9.28. The molecule has 2 aliphatic heterocycles. The summed E-state index contributed by atoms with van der Waals surface area (Å²) in [4.78, 5) is 11.3. The number of rotatable bonds is 3. The molecule has 4 rings (SSSR count). The quantitative estimate of drug-likeness (QED) is 0.603. The van der Waals surface area contributed by atoms with Crippen LogP contribution < -0.4 is 0 Å². The highest BCUT2D eigenvalue weighted by Crippen LogP contribution is 2.68. The Hall–Kier alpha value is -0.910. The van der Waals surface area contributed by atoms with Crippen LogP contribution in [0, 0.1) is 22.7 Å². The molecule has 7 atom stereocenters. The number of aliphatic hydroxyl groups is 2. The van der Waals surface area contributed by atoms with Crippen molar-refractivity contribution in [2.45, 2.75) is 70.7 Å². The van der Waals surface area contributed by atoms with Gasteiger partial charge in [0.25, 0.3) is 0 Å². The van der Waals surface area contributed by atoms with Gasteiger partial charge < -0.3 is 19.7 Å². The van der Waals surface area contributed by atoms with Gasteiger partial charge in [-0.05, 0) is 48.5 Å². The number of carbonyl (C=O) groups is 1. The lowest BCUT2D eigenvalue weighted by atomic mass is 9.43. The molecule has 7 unspecified atom stereocenters. The largest absolute Gasteiger partial charge is 0.458 e. The minimum Gasteiger partial charge on any atom is -0.458 e. The van der Waals surface area contributed by atoms with Crippen LogP contribution in [0.4, 0.5) is 0 Å². The average molecular weight is 350 g/mol. The maximum Gasteiger partial charge on any atom is 0.331 e. The van der Waals surface area contributed by atoms with E-state index in [1.807, 2.05) is 0 Å². The van der Waals surface area contributed by atoms with E-state index in [4.69, 9.17) is 9.47 Å². The molecule has 25 heavy (non-hydrogen) atoms. The third kappa shape index (κ3) is 2.42. The highest BCUT2D eigenvalue weighted by atomic mass is 16.6. The van der Waals surface area contributed by atoms with Crippen LogP contribution in [0.25, 0.3) is 0 Å². The van der Waals surface area contributed by atoms with Gasteiger partial charge in [0.2, 0.25) is 0 Å². The summed E-state index contributed by atoms with van der Waals surface area (Å²) in [6.45, 7) is 7.75. The molecule has 2 heterocycles. The zero-order valence-corrected chi connectivity index (χ0v) is 15.5. The van der Waals surface area contributed by atoms with Crippen molar-refractivity contribution in [3.8, 4) is 0 Å². The predicted octanol–water partition coefficient (Wildman–Crippen LogP) is 2.20. The van der Waals surface area contributed by atoms with Gasteiger partial charge in [-0.2, -0.15) is 0 Å². The lowest BCUT2D eigenvalue weighted by Crippen LogP contribution is -2.64. The SMILES string of the molecule is CC1CC(O)C2(C)C(CC(O)CC23CO3)C1(C)CCC1=CC(=O)OC1. The van der Waals surface area contributed by atoms with Crippen molar-refractivity contribution in [1.82, 2.24) is 0 Å². The third-order valence-corrected chi connectivity index (χ3v) is 8.17. The molecule has 0 bridgehead atoms. The lowest BCUT2D eigenvalue weighted by molar-refractivity contribution is -0.203. The Morgan fingerprint density at radius 2 is 2.00 bits per heavy atom. The van der Waals surface area contributed by atoms with Crippen molar-refractivity contribution in [3.05, 3.63) is 11.6 Å². The fraction of sp³-hybridized carbons (Fsp3) is 0.850. The maximum atomic E-state index is 11.3. The number of carbonyl (C=O) groups excluding carboxylic acids is 1. The van der Waals surface area contributed by atoms with Crippen molar-refractivity contribution >= 4 is 5.97 Å². The highest BCUT2D eigenvalue weighted by Gasteiger charge is 2.72. The summed E-state index contributed by atoms with van der Waals surface area (Å²) in [5.74, 6) is 0.305. The molecule has 1 saturated heterocycles. The first-order valence-electron chi connectivity index (χ1n) is 9.57. The average Bonchev–Trinajstić information content (AvgIpc) is 3.20. The van der Waals surface area contributed by atoms with E-state index in [1.54, 1.807) is 6.08 Å². The Morgan fingerprint density at radius 3 is 2.60 bits per heavy atom. The standard InChI is InChI=1S/C20H30O5/c1-12-6-16(22)19(3)15(8-14(21)9-20(19)11-25-20)18(12,2)5-4-13-7-17(23)24-10-13/h7,12,14-16,21-22H,4-6,8-11H2,1-3H3. The van der Waals surface area contributed by atoms with Gasteiger partial charge in [-0.15, -0.1) is 0 Å². The van der Waals surface area contributed by atoms with Crippen LogP contribution in [0.1, 0.15) is 52.9 Å². The number of ether oxygens (including phenoxy) is 2. The molecular formula is C20H30O5. The summed E-state index contributed by atoms with van der Waals surface area (Å²) in [7, 11) is 0. The monoisotopic (exact) mass is 350 g/mol. The molecule has 2 aliphatic carbocycles. The smallest absolute Gasteiger partial charge is 0.331 e. The zero-order chi connectivity index (χ0) is 18.0. The number of epoxide rings is 1. The molecule has 0 radical (unpaired) electrons. The van der Waals surface area contributed by atoms with Crippen molar-refractivity contribution in [2.75, 3.05) is 13.2 Å². The van der Waals surface area contributed by atoms with Crippen molar-refractivity contribution in [2.24, 2.45) is 22.7 Å². The Labute approximate surface area is 149 Å². The van der Waals surface area contributed by atoms with Crippen LogP contribution in [-0.2, 0) is 14.3 Å². The third-order valence-electron chi connectivity index (χ3n) is 8.17. The van der Waals surface area contributed by atoms with Crippen LogP contribution in [0.5, 0.6) is 0 Å². The van der Waals surface area contributed by atoms with Crippen molar-refractivity contribution in [3.63, 3.8) is 0 Å². The van der Waals surface area contributed by atoms with Gasteiger partial charge in [0, 0.05) is 17.9 Å². The first kappa shape index (κ1) is 17.5. The molecule has 5 heteroatoms. The Kier molecular flexibility index (Phi) is 3.88. The number of hydrogen-bond donors (Lipinski definition) is 2. The molecule has 5 nitrogen and oxygen atoms in total. The summed E-state index contributed by atoms with van der Waals surface area (Å²) < 4.78 is 10.9. The summed E-state index contributed by atoms with van der Waals surface area (Å²) in [6.07, 6.45) is 4.74. The van der Waals surface area contributed by atoms with E-state index in [2.05, 4.69) is 20.8 Å². The minimum absolute atomic E-state index is 0.0131. The lowest BCUT2D eigenvalue weighted by Gasteiger charge is -2.62. The van der Waals surface area contributed by atoms with E-state index < -0.39 is 6.10 Å². The van der Waals surface area contributed by atoms with Gasteiger partial charge in [-0.3, -0.25) is 0 Å². The van der Waals surface area contributed by atoms with Crippen LogP contribution in [-0.4, -0.2) is 47.2 Å². The molecule has 0 aromatic carbocycles. The molecule has 0 amide bonds. The minimum atomic E-state index is -0.397. The molecule has 2 N–H and O–H groups in total. The van der Waals surface area contributed by atoms with Crippen LogP contribution in [0.15, 0.2) is 11.6 Å². The summed E-state index contributed by atoms with van der Waals surface area (Å²) >= 11 is 0. The Balaban J connectivity index is 1.63. The first-order chi connectivity index (χ1) is 11.7. The van der Waals surface area contributed by atoms with E-state index in [9.17, 15) is 15.0 Å². The van der Waals surface area contributed by atoms with Gasteiger partial charge in [0.05, 0.1) is 18.8 Å². The molecule has 140 valence electrons. The Bertz CT molecular complexity index is 609. The number of aliphatic hydroxyl groups excluding tert-OH is 2. The second kappa shape index (κ2) is 5.54. The fourth-order valence-electron chi connectivity index (χ4n) is 6.13. The normalized spacial score (nSPS) is 51.9. The molecule has 0 aromatic rings. The van der Waals surface area contributed by atoms with E-state index >= 15 is 0 Å². The van der Waals surface area contributed by atoms with E-state index in [0.717, 1.165) is 24.8 Å². The molecule has 1 spiro atoms. The molecular weight excluding hydrogens is 320 g/mol. The maximum absolute atomic E-state index is 11.3.